The number of unbranched alkanes of at least 4 members (excludes halogenated alkanes) is 1. The molecule has 1 heterocycles. The Bertz CT molecular complexity index is 508. The molecule has 0 fully saturated rings. The first-order chi connectivity index (χ1) is 9.28. The van der Waals surface area contributed by atoms with Gasteiger partial charge in [0.25, 0.3) is 0 Å². The van der Waals surface area contributed by atoms with Crippen molar-refractivity contribution in [3.8, 4) is 0 Å². The molecule has 0 saturated heterocycles. The summed E-state index contributed by atoms with van der Waals surface area (Å²) in [4.78, 5) is 8.43. The molecule has 0 radical (unpaired) electrons. The second-order valence-corrected chi connectivity index (χ2v) is 4.56. The number of nitrogens with zero attached hydrogens (tertiary/aromatic N) is 2. The Kier molecular flexibility index (Phi) is 4.72. The predicted molar refractivity (Wildman–Crippen MR) is 79.9 cm³/mol. The molecular weight excluding hydrogens is 236 g/mol. The molecule has 100 valence electrons. The molecule has 2 N–H and O–H groups in total. The van der Waals surface area contributed by atoms with Crippen molar-refractivity contribution in [2.45, 2.75) is 26.7 Å². The van der Waals surface area contributed by atoms with Crippen LogP contribution in [-0.2, 0) is 0 Å². The maximum absolute atomic E-state index is 4.22. The number of hydrogen-bond acceptors (Lipinski definition) is 4. The van der Waals surface area contributed by atoms with Crippen LogP contribution < -0.4 is 10.6 Å². The summed E-state index contributed by atoms with van der Waals surface area (Å²) in [6.45, 7) is 5.19. The van der Waals surface area contributed by atoms with Crippen molar-refractivity contribution in [2.75, 3.05) is 17.2 Å². The van der Waals surface area contributed by atoms with Crippen molar-refractivity contribution in [3.05, 3.63) is 42.2 Å². The van der Waals surface area contributed by atoms with Crippen LogP contribution in [0.1, 0.15) is 25.3 Å². The number of rotatable bonds is 6. The maximum Gasteiger partial charge on any atom is 0.135 e. The van der Waals surface area contributed by atoms with E-state index >= 15 is 0 Å². The van der Waals surface area contributed by atoms with E-state index in [4.69, 9.17) is 0 Å². The van der Waals surface area contributed by atoms with E-state index in [-0.39, 0.29) is 0 Å². The van der Waals surface area contributed by atoms with Gasteiger partial charge in [0.1, 0.15) is 18.0 Å². The van der Waals surface area contributed by atoms with Gasteiger partial charge in [-0.25, -0.2) is 9.97 Å². The van der Waals surface area contributed by atoms with Crippen molar-refractivity contribution < 1.29 is 0 Å². The molecule has 0 spiro atoms. The quantitative estimate of drug-likeness (QED) is 0.773. The summed E-state index contributed by atoms with van der Waals surface area (Å²) < 4.78 is 0. The molecule has 0 bridgehead atoms. The van der Waals surface area contributed by atoms with Gasteiger partial charge < -0.3 is 10.6 Å². The van der Waals surface area contributed by atoms with Crippen LogP contribution in [0.2, 0.25) is 0 Å². The number of nitrogens with one attached hydrogen (secondary N) is 2. The van der Waals surface area contributed by atoms with Crippen molar-refractivity contribution in [1.82, 2.24) is 9.97 Å². The minimum atomic E-state index is 0.804. The van der Waals surface area contributed by atoms with Gasteiger partial charge in [-0.2, -0.15) is 0 Å². The van der Waals surface area contributed by atoms with Gasteiger partial charge in [0, 0.05) is 18.3 Å². The minimum Gasteiger partial charge on any atom is -0.370 e. The van der Waals surface area contributed by atoms with Crippen molar-refractivity contribution in [1.29, 1.82) is 0 Å². The SMILES string of the molecule is CCCCNc1cc(Nc2ccc(C)cc2)ncn1. The summed E-state index contributed by atoms with van der Waals surface area (Å²) in [5.74, 6) is 1.66. The molecule has 0 aliphatic heterocycles. The van der Waals surface area contributed by atoms with Gasteiger partial charge in [-0.1, -0.05) is 31.0 Å². The highest BCUT2D eigenvalue weighted by Crippen LogP contribution is 2.16. The Balaban J connectivity index is 2.00. The minimum absolute atomic E-state index is 0.804. The molecule has 0 atom stereocenters. The lowest BCUT2D eigenvalue weighted by atomic mass is 10.2. The van der Waals surface area contributed by atoms with Crippen molar-refractivity contribution >= 4 is 17.3 Å². The van der Waals surface area contributed by atoms with Crippen LogP contribution in [0.3, 0.4) is 0 Å². The van der Waals surface area contributed by atoms with Crippen LogP contribution in [0.5, 0.6) is 0 Å². The Morgan fingerprint density at radius 2 is 1.79 bits per heavy atom. The fourth-order valence-corrected chi connectivity index (χ4v) is 1.70. The van der Waals surface area contributed by atoms with E-state index < -0.39 is 0 Å². The Labute approximate surface area is 114 Å². The van der Waals surface area contributed by atoms with Gasteiger partial charge in [0.15, 0.2) is 0 Å². The maximum atomic E-state index is 4.22. The molecule has 0 unspecified atom stereocenters. The van der Waals surface area contributed by atoms with E-state index in [2.05, 4.69) is 46.6 Å². The zero-order valence-electron chi connectivity index (χ0n) is 11.5. The fourth-order valence-electron chi connectivity index (χ4n) is 1.70. The molecule has 2 aromatic rings. The largest absolute Gasteiger partial charge is 0.370 e. The van der Waals surface area contributed by atoms with Crippen molar-refractivity contribution in [2.24, 2.45) is 0 Å². The summed E-state index contributed by atoms with van der Waals surface area (Å²) in [6.07, 6.45) is 3.89. The Hall–Kier alpha value is -2.10. The molecule has 0 aliphatic rings. The normalized spacial score (nSPS) is 10.2. The number of aromatic nitrogens is 2. The predicted octanol–water partition coefficient (Wildman–Crippen LogP) is 3.74. The summed E-state index contributed by atoms with van der Waals surface area (Å²) in [5.41, 5.74) is 2.28. The van der Waals surface area contributed by atoms with Crippen LogP contribution in [0, 0.1) is 6.92 Å². The summed E-state index contributed by atoms with van der Waals surface area (Å²) in [6, 6.07) is 10.2. The fraction of sp³-hybridized carbons (Fsp3) is 0.333. The smallest absolute Gasteiger partial charge is 0.135 e. The van der Waals surface area contributed by atoms with Crippen LogP contribution in [0.4, 0.5) is 17.3 Å². The number of anilines is 3. The molecule has 0 aliphatic carbocycles. The third kappa shape index (κ3) is 4.25. The first-order valence-electron chi connectivity index (χ1n) is 6.67. The Morgan fingerprint density at radius 3 is 2.53 bits per heavy atom. The number of aryl methyl sites for hydroxylation is 1. The highest BCUT2D eigenvalue weighted by Gasteiger charge is 1.99. The van der Waals surface area contributed by atoms with Gasteiger partial charge in [-0.3, -0.25) is 0 Å². The zero-order chi connectivity index (χ0) is 13.5. The molecular formula is C15H20N4. The van der Waals surface area contributed by atoms with E-state index in [0.717, 1.165) is 30.3 Å². The lowest BCUT2D eigenvalue weighted by molar-refractivity contribution is 0.830. The lowest BCUT2D eigenvalue weighted by Gasteiger charge is -2.08. The van der Waals surface area contributed by atoms with Crippen LogP contribution in [0.25, 0.3) is 0 Å². The molecule has 4 heteroatoms. The van der Waals surface area contributed by atoms with Gasteiger partial charge >= 0.3 is 0 Å². The molecule has 2 rings (SSSR count). The third-order valence-electron chi connectivity index (χ3n) is 2.83. The van der Waals surface area contributed by atoms with Gasteiger partial charge in [0.2, 0.25) is 0 Å². The highest BCUT2D eigenvalue weighted by molar-refractivity contribution is 5.58. The molecule has 4 nitrogen and oxygen atoms in total. The summed E-state index contributed by atoms with van der Waals surface area (Å²) in [5, 5.41) is 6.56. The topological polar surface area (TPSA) is 49.8 Å². The van der Waals surface area contributed by atoms with E-state index in [1.54, 1.807) is 6.33 Å². The average Bonchev–Trinajstić information content (AvgIpc) is 2.42. The van der Waals surface area contributed by atoms with Crippen LogP contribution >= 0.6 is 0 Å². The molecule has 1 aromatic carbocycles. The van der Waals surface area contributed by atoms with Gasteiger partial charge in [-0.05, 0) is 25.5 Å². The molecule has 19 heavy (non-hydrogen) atoms. The van der Waals surface area contributed by atoms with E-state index in [1.807, 2.05) is 18.2 Å². The lowest BCUT2D eigenvalue weighted by Crippen LogP contribution is -2.04. The standard InChI is InChI=1S/C15H20N4/c1-3-4-9-16-14-10-15(18-11-17-14)19-13-7-5-12(2)6-8-13/h5-8,10-11H,3-4,9H2,1-2H3,(H2,16,17,18,19). The molecule has 0 saturated carbocycles. The monoisotopic (exact) mass is 256 g/mol. The zero-order valence-corrected chi connectivity index (χ0v) is 11.5. The Morgan fingerprint density at radius 1 is 1.05 bits per heavy atom. The van der Waals surface area contributed by atoms with E-state index in [9.17, 15) is 0 Å². The number of hydrogen-bond donors (Lipinski definition) is 2. The first kappa shape index (κ1) is 13.3. The molecule has 0 amide bonds. The van der Waals surface area contributed by atoms with E-state index in [1.165, 1.54) is 12.0 Å². The van der Waals surface area contributed by atoms with Crippen LogP contribution in [-0.4, -0.2) is 16.5 Å². The van der Waals surface area contributed by atoms with Gasteiger partial charge in [-0.15, -0.1) is 0 Å². The van der Waals surface area contributed by atoms with Crippen LogP contribution in [0.15, 0.2) is 36.7 Å². The average molecular weight is 256 g/mol. The summed E-state index contributed by atoms with van der Waals surface area (Å²) in [7, 11) is 0. The third-order valence-corrected chi connectivity index (χ3v) is 2.83. The second-order valence-electron chi connectivity index (χ2n) is 4.56. The number of benzene rings is 1. The molecule has 1 aromatic heterocycles. The second kappa shape index (κ2) is 6.73. The van der Waals surface area contributed by atoms with Crippen molar-refractivity contribution in [3.63, 3.8) is 0 Å². The first-order valence-corrected chi connectivity index (χ1v) is 6.67. The van der Waals surface area contributed by atoms with E-state index in [0.29, 0.717) is 0 Å². The summed E-state index contributed by atoms with van der Waals surface area (Å²) >= 11 is 0. The van der Waals surface area contributed by atoms with Gasteiger partial charge in [0.05, 0.1) is 0 Å². The highest BCUT2D eigenvalue weighted by atomic mass is 15.1.